The van der Waals surface area contributed by atoms with E-state index in [1.54, 1.807) is 12.1 Å². The second kappa shape index (κ2) is 5.01. The number of amides is 1. The van der Waals surface area contributed by atoms with Gasteiger partial charge in [-0.2, -0.15) is 0 Å². The molecule has 3 N–H and O–H groups in total. The zero-order valence-corrected chi connectivity index (χ0v) is 11.2. The van der Waals surface area contributed by atoms with Gasteiger partial charge in [-0.15, -0.1) is 0 Å². The fraction of sp³-hybridized carbons (Fsp3) is 0.533. The van der Waals surface area contributed by atoms with Gasteiger partial charge in [-0.3, -0.25) is 4.79 Å². The van der Waals surface area contributed by atoms with Gasteiger partial charge in [0.1, 0.15) is 0 Å². The van der Waals surface area contributed by atoms with Crippen molar-refractivity contribution in [2.45, 2.75) is 45.6 Å². The predicted octanol–water partition coefficient (Wildman–Crippen LogP) is 2.97. The van der Waals surface area contributed by atoms with Gasteiger partial charge in [0.15, 0.2) is 0 Å². The number of carbonyl (C=O) groups is 1. The van der Waals surface area contributed by atoms with Crippen LogP contribution in [-0.4, -0.2) is 11.9 Å². The zero-order chi connectivity index (χ0) is 13.2. The maximum absolute atomic E-state index is 12.2. The molecule has 1 aliphatic carbocycles. The molecule has 1 aromatic carbocycles. The summed E-state index contributed by atoms with van der Waals surface area (Å²) in [7, 11) is 0. The molecule has 0 aromatic heterocycles. The summed E-state index contributed by atoms with van der Waals surface area (Å²) in [6.45, 7) is 4.53. The van der Waals surface area contributed by atoms with E-state index in [1.807, 2.05) is 12.1 Å². The summed E-state index contributed by atoms with van der Waals surface area (Å²) in [5.41, 5.74) is 7.28. The minimum atomic E-state index is -0.0456. The van der Waals surface area contributed by atoms with E-state index in [4.69, 9.17) is 5.73 Å². The molecule has 2 rings (SSSR count). The molecule has 18 heavy (non-hydrogen) atoms. The summed E-state index contributed by atoms with van der Waals surface area (Å²) in [6, 6.07) is 7.51. The van der Waals surface area contributed by atoms with Crippen LogP contribution >= 0.6 is 0 Å². The van der Waals surface area contributed by atoms with Crippen LogP contribution in [0.4, 0.5) is 5.69 Å². The van der Waals surface area contributed by atoms with Gasteiger partial charge in [0.2, 0.25) is 0 Å². The Bertz CT molecular complexity index is 440. The SMILES string of the molecule is CC1(C)CCCC(NC(=O)c2ccccc2N)C1. The lowest BCUT2D eigenvalue weighted by Gasteiger charge is -2.35. The van der Waals surface area contributed by atoms with Crippen molar-refractivity contribution >= 4 is 11.6 Å². The predicted molar refractivity (Wildman–Crippen MR) is 74.4 cm³/mol. The Morgan fingerprint density at radius 1 is 1.39 bits per heavy atom. The summed E-state index contributed by atoms with van der Waals surface area (Å²) in [5, 5.41) is 3.11. The quantitative estimate of drug-likeness (QED) is 0.788. The van der Waals surface area contributed by atoms with E-state index >= 15 is 0 Å². The third kappa shape index (κ3) is 3.03. The topological polar surface area (TPSA) is 55.1 Å². The van der Waals surface area contributed by atoms with E-state index in [0.29, 0.717) is 16.7 Å². The van der Waals surface area contributed by atoms with Crippen LogP contribution in [0.25, 0.3) is 0 Å². The molecule has 1 aromatic rings. The Kier molecular flexibility index (Phi) is 3.60. The molecule has 1 unspecified atom stereocenters. The van der Waals surface area contributed by atoms with Gasteiger partial charge in [-0.1, -0.05) is 32.4 Å². The van der Waals surface area contributed by atoms with E-state index in [1.165, 1.54) is 12.8 Å². The van der Waals surface area contributed by atoms with Crippen molar-refractivity contribution in [3.8, 4) is 0 Å². The van der Waals surface area contributed by atoms with Crippen LogP contribution in [0.15, 0.2) is 24.3 Å². The van der Waals surface area contributed by atoms with Crippen molar-refractivity contribution in [1.82, 2.24) is 5.32 Å². The molecule has 1 fully saturated rings. The first-order chi connectivity index (χ1) is 8.48. The molecule has 0 radical (unpaired) electrons. The summed E-state index contributed by atoms with van der Waals surface area (Å²) < 4.78 is 0. The number of hydrogen-bond donors (Lipinski definition) is 2. The van der Waals surface area contributed by atoms with Gasteiger partial charge in [-0.25, -0.2) is 0 Å². The fourth-order valence-corrected chi connectivity index (χ4v) is 2.79. The molecule has 3 nitrogen and oxygen atoms in total. The minimum Gasteiger partial charge on any atom is -0.398 e. The van der Waals surface area contributed by atoms with Gasteiger partial charge < -0.3 is 11.1 Å². The molecule has 98 valence electrons. The third-order valence-electron chi connectivity index (χ3n) is 3.75. The van der Waals surface area contributed by atoms with Crippen LogP contribution in [0.5, 0.6) is 0 Å². The lowest BCUT2D eigenvalue weighted by Crippen LogP contribution is -2.40. The molecule has 0 spiro atoms. The Hall–Kier alpha value is -1.51. The Morgan fingerprint density at radius 3 is 2.78 bits per heavy atom. The van der Waals surface area contributed by atoms with E-state index in [0.717, 1.165) is 12.8 Å². The van der Waals surface area contributed by atoms with Gasteiger partial charge >= 0.3 is 0 Å². The maximum Gasteiger partial charge on any atom is 0.253 e. The lowest BCUT2D eigenvalue weighted by molar-refractivity contribution is 0.0903. The summed E-state index contributed by atoms with van der Waals surface area (Å²) in [6.07, 6.45) is 4.54. The second-order valence-corrected chi connectivity index (χ2v) is 6.02. The highest BCUT2D eigenvalue weighted by atomic mass is 16.1. The molecule has 0 bridgehead atoms. The number of nitrogens with one attached hydrogen (secondary N) is 1. The highest BCUT2D eigenvalue weighted by Gasteiger charge is 2.29. The highest BCUT2D eigenvalue weighted by molar-refractivity contribution is 5.99. The largest absolute Gasteiger partial charge is 0.398 e. The summed E-state index contributed by atoms with van der Waals surface area (Å²) in [4.78, 5) is 12.2. The van der Waals surface area contributed by atoms with Crippen LogP contribution in [0, 0.1) is 5.41 Å². The van der Waals surface area contributed by atoms with Crippen molar-refractivity contribution in [2.24, 2.45) is 5.41 Å². The lowest BCUT2D eigenvalue weighted by atomic mass is 9.75. The van der Waals surface area contributed by atoms with E-state index in [9.17, 15) is 4.79 Å². The molecular weight excluding hydrogens is 224 g/mol. The van der Waals surface area contributed by atoms with Gasteiger partial charge in [0, 0.05) is 11.7 Å². The van der Waals surface area contributed by atoms with Gasteiger partial charge in [-0.05, 0) is 36.8 Å². The first kappa shape index (κ1) is 12.9. The average Bonchev–Trinajstić information content (AvgIpc) is 2.28. The number of carbonyl (C=O) groups excluding carboxylic acids is 1. The van der Waals surface area contributed by atoms with Crippen LogP contribution in [-0.2, 0) is 0 Å². The van der Waals surface area contributed by atoms with E-state index in [-0.39, 0.29) is 11.9 Å². The molecule has 1 saturated carbocycles. The fourth-order valence-electron chi connectivity index (χ4n) is 2.79. The van der Waals surface area contributed by atoms with Crippen LogP contribution in [0.1, 0.15) is 49.9 Å². The average molecular weight is 246 g/mol. The Labute approximate surface area is 109 Å². The van der Waals surface area contributed by atoms with Crippen LogP contribution in [0.2, 0.25) is 0 Å². The molecule has 1 atom stereocenters. The van der Waals surface area contributed by atoms with Gasteiger partial charge in [0.05, 0.1) is 5.56 Å². The normalized spacial score (nSPS) is 22.4. The summed E-state index contributed by atoms with van der Waals surface area (Å²) in [5.74, 6) is -0.0456. The molecule has 3 heteroatoms. The number of para-hydroxylation sites is 1. The van der Waals surface area contributed by atoms with Crippen molar-refractivity contribution in [1.29, 1.82) is 0 Å². The van der Waals surface area contributed by atoms with Crippen molar-refractivity contribution in [3.63, 3.8) is 0 Å². The number of hydrogen-bond acceptors (Lipinski definition) is 2. The third-order valence-corrected chi connectivity index (χ3v) is 3.75. The van der Waals surface area contributed by atoms with Crippen molar-refractivity contribution in [3.05, 3.63) is 29.8 Å². The molecule has 0 aliphatic heterocycles. The van der Waals surface area contributed by atoms with Gasteiger partial charge in [0.25, 0.3) is 5.91 Å². The molecule has 1 amide bonds. The van der Waals surface area contributed by atoms with Crippen molar-refractivity contribution < 1.29 is 4.79 Å². The minimum absolute atomic E-state index is 0.0456. The van der Waals surface area contributed by atoms with Crippen LogP contribution in [0.3, 0.4) is 0 Å². The number of nitrogen functional groups attached to an aromatic ring is 1. The number of nitrogens with two attached hydrogens (primary N) is 1. The first-order valence-corrected chi connectivity index (χ1v) is 6.63. The summed E-state index contributed by atoms with van der Waals surface area (Å²) >= 11 is 0. The molecule has 1 aliphatic rings. The molecule has 0 heterocycles. The monoisotopic (exact) mass is 246 g/mol. The van der Waals surface area contributed by atoms with Crippen LogP contribution < -0.4 is 11.1 Å². The number of rotatable bonds is 2. The smallest absolute Gasteiger partial charge is 0.253 e. The second-order valence-electron chi connectivity index (χ2n) is 6.02. The maximum atomic E-state index is 12.2. The first-order valence-electron chi connectivity index (χ1n) is 6.63. The Balaban J connectivity index is 2.02. The number of benzene rings is 1. The molecule has 0 saturated heterocycles. The Morgan fingerprint density at radius 2 is 2.11 bits per heavy atom. The van der Waals surface area contributed by atoms with E-state index in [2.05, 4.69) is 19.2 Å². The van der Waals surface area contributed by atoms with E-state index < -0.39 is 0 Å². The number of anilines is 1. The molecular formula is C15H22N2O. The highest BCUT2D eigenvalue weighted by Crippen LogP contribution is 2.35. The van der Waals surface area contributed by atoms with Crippen molar-refractivity contribution in [2.75, 3.05) is 5.73 Å². The zero-order valence-electron chi connectivity index (χ0n) is 11.2. The standard InChI is InChI=1S/C15H22N2O/c1-15(2)9-5-6-11(10-15)17-14(18)12-7-3-4-8-13(12)16/h3-4,7-8,11H,5-6,9-10,16H2,1-2H3,(H,17,18).